The molecule has 0 bridgehead atoms. The molecular formula is C10H16F3N7. The minimum absolute atomic E-state index is 0.0631. The van der Waals surface area contributed by atoms with Crippen molar-refractivity contribution in [2.24, 2.45) is 5.84 Å². The fourth-order valence-corrected chi connectivity index (χ4v) is 2.08. The van der Waals surface area contributed by atoms with Crippen LogP contribution in [-0.2, 0) is 0 Å². The maximum absolute atomic E-state index is 12.3. The Balaban J connectivity index is 1.98. The predicted molar refractivity (Wildman–Crippen MR) is 69.0 cm³/mol. The van der Waals surface area contributed by atoms with Gasteiger partial charge in [0.15, 0.2) is 0 Å². The number of piperazine rings is 1. The number of alkyl halides is 3. The average molecular weight is 291 g/mol. The van der Waals surface area contributed by atoms with Gasteiger partial charge in [-0.2, -0.15) is 23.1 Å². The van der Waals surface area contributed by atoms with Crippen molar-refractivity contribution in [2.45, 2.75) is 6.18 Å². The molecule has 0 spiro atoms. The highest BCUT2D eigenvalue weighted by molar-refractivity contribution is 5.52. The summed E-state index contributed by atoms with van der Waals surface area (Å²) < 4.78 is 36.9. The molecule has 1 saturated heterocycles. The highest BCUT2D eigenvalue weighted by Crippen LogP contribution is 2.21. The molecule has 10 heteroatoms. The fraction of sp³-hybridized carbons (Fsp3) is 0.600. The zero-order chi connectivity index (χ0) is 14.8. The molecule has 5 N–H and O–H groups in total. The van der Waals surface area contributed by atoms with E-state index in [2.05, 4.69) is 15.4 Å². The average Bonchev–Trinajstić information content (AvgIpc) is 2.37. The van der Waals surface area contributed by atoms with Gasteiger partial charge in [-0.25, -0.2) is 5.84 Å². The van der Waals surface area contributed by atoms with Crippen LogP contribution in [0.5, 0.6) is 0 Å². The lowest BCUT2D eigenvalue weighted by Crippen LogP contribution is -2.49. The van der Waals surface area contributed by atoms with Crippen LogP contribution in [0.1, 0.15) is 0 Å². The van der Waals surface area contributed by atoms with Crippen molar-refractivity contribution in [3.05, 3.63) is 6.07 Å². The molecule has 1 aromatic heterocycles. The molecule has 2 heterocycles. The molecule has 2 rings (SSSR count). The number of nitrogens with zero attached hydrogens (tertiary/aromatic N) is 4. The van der Waals surface area contributed by atoms with E-state index in [4.69, 9.17) is 11.6 Å². The Morgan fingerprint density at radius 3 is 2.40 bits per heavy atom. The van der Waals surface area contributed by atoms with Gasteiger partial charge in [0.1, 0.15) is 11.6 Å². The highest BCUT2D eigenvalue weighted by atomic mass is 19.4. The van der Waals surface area contributed by atoms with Crippen molar-refractivity contribution in [3.8, 4) is 0 Å². The lowest BCUT2D eigenvalue weighted by Gasteiger charge is -2.35. The minimum Gasteiger partial charge on any atom is -0.368 e. The van der Waals surface area contributed by atoms with Gasteiger partial charge < -0.3 is 16.1 Å². The van der Waals surface area contributed by atoms with Gasteiger partial charge in [0, 0.05) is 32.2 Å². The van der Waals surface area contributed by atoms with E-state index in [1.54, 1.807) is 6.07 Å². The van der Waals surface area contributed by atoms with Gasteiger partial charge in [-0.15, -0.1) is 0 Å². The van der Waals surface area contributed by atoms with Gasteiger partial charge in [0.2, 0.25) is 5.95 Å². The van der Waals surface area contributed by atoms with Crippen LogP contribution in [0.25, 0.3) is 0 Å². The Morgan fingerprint density at radius 1 is 1.20 bits per heavy atom. The van der Waals surface area contributed by atoms with Crippen LogP contribution in [0.2, 0.25) is 0 Å². The Hall–Kier alpha value is -1.81. The molecule has 112 valence electrons. The SMILES string of the molecule is NNc1cc(N2CCN(CC(F)(F)F)CC2)nc(N)n1. The summed E-state index contributed by atoms with van der Waals surface area (Å²) in [5.74, 6) is 6.24. The number of anilines is 3. The lowest BCUT2D eigenvalue weighted by molar-refractivity contribution is -0.146. The number of nitrogen functional groups attached to an aromatic ring is 2. The zero-order valence-electron chi connectivity index (χ0n) is 10.7. The Bertz CT molecular complexity index is 457. The fourth-order valence-electron chi connectivity index (χ4n) is 2.08. The van der Waals surface area contributed by atoms with Crippen molar-refractivity contribution in [3.63, 3.8) is 0 Å². The van der Waals surface area contributed by atoms with Crippen molar-refractivity contribution in [1.82, 2.24) is 14.9 Å². The van der Waals surface area contributed by atoms with E-state index >= 15 is 0 Å². The molecular weight excluding hydrogens is 275 g/mol. The third kappa shape index (κ3) is 3.84. The Kier molecular flexibility index (Phi) is 4.14. The summed E-state index contributed by atoms with van der Waals surface area (Å²) in [6.07, 6.45) is -4.17. The summed E-state index contributed by atoms with van der Waals surface area (Å²) in [5, 5.41) is 0. The summed E-state index contributed by atoms with van der Waals surface area (Å²) in [7, 11) is 0. The summed E-state index contributed by atoms with van der Waals surface area (Å²) >= 11 is 0. The van der Waals surface area contributed by atoms with Gasteiger partial charge in [-0.3, -0.25) is 4.90 Å². The van der Waals surface area contributed by atoms with Crippen LogP contribution < -0.4 is 21.9 Å². The first-order valence-corrected chi connectivity index (χ1v) is 6.02. The summed E-state index contributed by atoms with van der Waals surface area (Å²) in [6, 6.07) is 1.61. The first-order chi connectivity index (χ1) is 9.37. The molecule has 7 nitrogen and oxygen atoms in total. The van der Waals surface area contributed by atoms with E-state index in [1.807, 2.05) is 4.90 Å². The molecule has 1 aliphatic rings. The van der Waals surface area contributed by atoms with Gasteiger partial charge >= 0.3 is 6.18 Å². The van der Waals surface area contributed by atoms with Crippen LogP contribution in [0, 0.1) is 0 Å². The maximum Gasteiger partial charge on any atom is 0.401 e. The number of halogens is 3. The lowest BCUT2D eigenvalue weighted by atomic mass is 10.3. The molecule has 20 heavy (non-hydrogen) atoms. The molecule has 1 fully saturated rings. The number of aromatic nitrogens is 2. The normalized spacial score (nSPS) is 17.3. The monoisotopic (exact) mass is 291 g/mol. The third-order valence-electron chi connectivity index (χ3n) is 2.98. The second-order valence-electron chi connectivity index (χ2n) is 4.49. The maximum atomic E-state index is 12.3. The van der Waals surface area contributed by atoms with Crippen LogP contribution in [0.15, 0.2) is 6.07 Å². The number of hydrogen-bond donors (Lipinski definition) is 3. The van der Waals surface area contributed by atoms with Crippen LogP contribution in [0.4, 0.5) is 30.8 Å². The molecule has 1 aliphatic heterocycles. The predicted octanol–water partition coefficient (Wildman–Crippen LogP) is 0.0287. The first-order valence-electron chi connectivity index (χ1n) is 6.02. The topological polar surface area (TPSA) is 96.3 Å². The molecule has 0 saturated carbocycles. The molecule has 0 amide bonds. The van der Waals surface area contributed by atoms with E-state index in [0.717, 1.165) is 0 Å². The number of rotatable bonds is 3. The molecule has 0 aliphatic carbocycles. The molecule has 0 unspecified atom stereocenters. The minimum atomic E-state index is -4.17. The summed E-state index contributed by atoms with van der Waals surface area (Å²) in [4.78, 5) is 11.1. The van der Waals surface area contributed by atoms with E-state index in [-0.39, 0.29) is 5.95 Å². The number of hydrogen-bond acceptors (Lipinski definition) is 7. The smallest absolute Gasteiger partial charge is 0.368 e. The quantitative estimate of drug-likeness (QED) is 0.534. The summed E-state index contributed by atoms with van der Waals surface area (Å²) in [6.45, 7) is 0.624. The molecule has 0 radical (unpaired) electrons. The third-order valence-corrected chi connectivity index (χ3v) is 2.98. The Morgan fingerprint density at radius 2 is 1.85 bits per heavy atom. The van der Waals surface area contributed by atoms with E-state index in [0.29, 0.717) is 37.8 Å². The second kappa shape index (κ2) is 5.67. The largest absolute Gasteiger partial charge is 0.401 e. The van der Waals surface area contributed by atoms with Crippen molar-refractivity contribution < 1.29 is 13.2 Å². The van der Waals surface area contributed by atoms with Crippen LogP contribution >= 0.6 is 0 Å². The van der Waals surface area contributed by atoms with Gasteiger partial charge in [0.05, 0.1) is 6.54 Å². The summed E-state index contributed by atoms with van der Waals surface area (Å²) in [5.41, 5.74) is 7.92. The van der Waals surface area contributed by atoms with Crippen LogP contribution in [-0.4, -0.2) is 53.8 Å². The van der Waals surface area contributed by atoms with Crippen LogP contribution in [0.3, 0.4) is 0 Å². The van der Waals surface area contributed by atoms with Crippen molar-refractivity contribution in [2.75, 3.05) is 48.8 Å². The number of nitrogens with two attached hydrogens (primary N) is 2. The molecule has 0 atom stereocenters. The standard InChI is InChI=1S/C10H16F3N7/c11-10(12,13)6-19-1-3-20(4-2-19)8-5-7(18-15)16-9(14)17-8/h5H,1-4,6,15H2,(H3,14,16,17,18). The van der Waals surface area contributed by atoms with Gasteiger partial charge in [-0.05, 0) is 0 Å². The van der Waals surface area contributed by atoms with Crippen molar-refractivity contribution in [1.29, 1.82) is 0 Å². The highest BCUT2D eigenvalue weighted by Gasteiger charge is 2.32. The molecule has 1 aromatic rings. The second-order valence-corrected chi connectivity index (χ2v) is 4.49. The van der Waals surface area contributed by atoms with Gasteiger partial charge in [-0.1, -0.05) is 0 Å². The Labute approximate surface area is 113 Å². The zero-order valence-corrected chi connectivity index (χ0v) is 10.7. The first kappa shape index (κ1) is 14.6. The van der Waals surface area contributed by atoms with Crippen molar-refractivity contribution >= 4 is 17.6 Å². The van der Waals surface area contributed by atoms with Gasteiger partial charge in [0.25, 0.3) is 0 Å². The van der Waals surface area contributed by atoms with E-state index in [1.165, 1.54) is 4.90 Å². The van der Waals surface area contributed by atoms with E-state index in [9.17, 15) is 13.2 Å². The number of hydrazine groups is 1. The number of nitrogens with one attached hydrogen (secondary N) is 1. The van der Waals surface area contributed by atoms with E-state index < -0.39 is 12.7 Å². The molecule has 0 aromatic carbocycles.